The molecule has 2 N–H and O–H groups in total. The molecule has 0 amide bonds. The molecule has 2 aliphatic rings. The quantitative estimate of drug-likeness (QED) is 0.288. The number of hydrogen-bond acceptors (Lipinski definition) is 7. The number of alkyl halides is 3. The van der Waals surface area contributed by atoms with Crippen molar-refractivity contribution in [3.63, 3.8) is 0 Å². The first kappa shape index (κ1) is 25.2. The van der Waals surface area contributed by atoms with Gasteiger partial charge in [0.05, 0.1) is 29.1 Å². The number of aldehydes is 1. The Balaban J connectivity index is 1.31. The van der Waals surface area contributed by atoms with Crippen molar-refractivity contribution in [3.05, 3.63) is 71.2 Å². The first-order valence-electron chi connectivity index (χ1n) is 12.6. The van der Waals surface area contributed by atoms with E-state index in [1.807, 2.05) is 12.1 Å². The Kier molecular flexibility index (Phi) is 6.17. The maximum absolute atomic E-state index is 13.3. The molecule has 0 radical (unpaired) electrons. The lowest BCUT2D eigenvalue weighted by atomic mass is 10.1. The Morgan fingerprint density at radius 1 is 1.18 bits per heavy atom. The lowest BCUT2D eigenvalue weighted by molar-refractivity contribution is -0.137. The molecule has 4 aromatic rings. The molecule has 3 unspecified atom stereocenters. The first-order chi connectivity index (χ1) is 18.8. The monoisotopic (exact) mass is 538 g/mol. The minimum atomic E-state index is -4.47. The fourth-order valence-corrected chi connectivity index (χ4v) is 5.48. The maximum Gasteiger partial charge on any atom is 0.416 e. The Morgan fingerprint density at radius 2 is 2.03 bits per heavy atom. The van der Waals surface area contributed by atoms with E-state index >= 15 is 0 Å². The number of rotatable bonds is 9. The van der Waals surface area contributed by atoms with Gasteiger partial charge >= 0.3 is 6.18 Å². The summed E-state index contributed by atoms with van der Waals surface area (Å²) >= 11 is 0. The summed E-state index contributed by atoms with van der Waals surface area (Å²) in [5, 5.41) is 12.7. The molecule has 3 atom stereocenters. The molecule has 8 nitrogen and oxygen atoms in total. The smallest absolute Gasteiger partial charge is 0.416 e. The van der Waals surface area contributed by atoms with Gasteiger partial charge in [-0.25, -0.2) is 9.97 Å². The second-order valence-electron chi connectivity index (χ2n) is 9.57. The van der Waals surface area contributed by atoms with Gasteiger partial charge in [-0.05, 0) is 48.9 Å². The number of nitrogens with one attached hydrogen (secondary N) is 1. The van der Waals surface area contributed by atoms with Crippen LogP contribution in [0.15, 0.2) is 48.7 Å². The van der Waals surface area contributed by atoms with E-state index < -0.39 is 11.7 Å². The number of carbonyl (C=O) groups is 1. The highest BCUT2D eigenvalue weighted by molar-refractivity contribution is 5.78. The summed E-state index contributed by atoms with van der Waals surface area (Å²) in [7, 11) is 1.75. The highest BCUT2D eigenvalue weighted by atomic mass is 19.4. The van der Waals surface area contributed by atoms with E-state index in [1.54, 1.807) is 29.9 Å². The van der Waals surface area contributed by atoms with Gasteiger partial charge in [-0.1, -0.05) is 0 Å². The number of imidazole rings is 1. The van der Waals surface area contributed by atoms with Crippen molar-refractivity contribution in [1.29, 1.82) is 0 Å². The predicted molar refractivity (Wildman–Crippen MR) is 136 cm³/mol. The minimum Gasteiger partial charge on any atom is -0.489 e. The number of anilines is 1. The van der Waals surface area contributed by atoms with Crippen LogP contribution in [0.3, 0.4) is 0 Å². The van der Waals surface area contributed by atoms with Gasteiger partial charge < -0.3 is 29.3 Å². The molecule has 39 heavy (non-hydrogen) atoms. The van der Waals surface area contributed by atoms with Gasteiger partial charge in [-0.15, -0.1) is 0 Å². The molecule has 11 heteroatoms. The fraction of sp³-hybridized carbons (Fsp3) is 0.321. The number of nitrogens with zero attached hydrogens (tertiary/aromatic N) is 3. The number of fused-ring (bicyclic) bond motifs is 4. The highest BCUT2D eigenvalue weighted by Gasteiger charge is 2.61. The second kappa shape index (κ2) is 9.57. The van der Waals surface area contributed by atoms with Gasteiger partial charge in [0, 0.05) is 43.3 Å². The standard InChI is InChI=1S/C28H25F3N4O4/c1-32-26-17(3-2-11-36)22(8-9-33-26)38-16-5-7-21-18(14-16)23-24(25(23)39-21)27-34-19-13-15(28(29,30)31)4-6-20(19)35(27)10-12-37/h4-9,11,13-14,23-25,37H,2-3,10,12H2,1H3,(H,32,33). The van der Waals surface area contributed by atoms with Crippen LogP contribution in [0, 0.1) is 0 Å². The number of aromatic nitrogens is 3. The number of benzene rings is 2. The topological polar surface area (TPSA) is 98.5 Å². The number of aliphatic hydroxyl groups excluding tert-OH is 1. The number of ether oxygens (including phenoxy) is 2. The van der Waals surface area contributed by atoms with Crippen molar-refractivity contribution in [2.45, 2.75) is 43.5 Å². The number of pyridine rings is 1. The van der Waals surface area contributed by atoms with Gasteiger partial charge in [-0.3, -0.25) is 0 Å². The van der Waals surface area contributed by atoms with Crippen molar-refractivity contribution in [2.75, 3.05) is 19.0 Å². The molecule has 1 fully saturated rings. The Hall–Kier alpha value is -4.12. The molecular weight excluding hydrogens is 513 g/mol. The van der Waals surface area contributed by atoms with Crippen LogP contribution in [-0.4, -0.2) is 45.7 Å². The van der Waals surface area contributed by atoms with Crippen molar-refractivity contribution in [1.82, 2.24) is 14.5 Å². The van der Waals surface area contributed by atoms with Crippen LogP contribution in [-0.2, 0) is 23.9 Å². The average Bonchev–Trinajstić information content (AvgIpc) is 3.31. The SMILES string of the molecule is CNc1nccc(Oc2ccc3c(c2)C2C(O3)C2c2nc3cc(C(F)(F)F)ccc3n2CCO)c1CCC=O. The lowest BCUT2D eigenvalue weighted by Crippen LogP contribution is -2.09. The van der Waals surface area contributed by atoms with Crippen molar-refractivity contribution in [2.24, 2.45) is 0 Å². The Morgan fingerprint density at radius 3 is 2.77 bits per heavy atom. The van der Waals surface area contributed by atoms with Crippen molar-refractivity contribution < 1.29 is 32.5 Å². The van der Waals surface area contributed by atoms with Crippen LogP contribution in [0.5, 0.6) is 17.2 Å². The zero-order chi connectivity index (χ0) is 27.3. The fourth-order valence-electron chi connectivity index (χ4n) is 5.48. The molecule has 2 aromatic heterocycles. The number of hydrogen-bond donors (Lipinski definition) is 2. The third kappa shape index (κ3) is 4.36. The molecule has 1 saturated carbocycles. The van der Waals surface area contributed by atoms with E-state index in [-0.39, 0.29) is 36.6 Å². The molecule has 0 saturated heterocycles. The lowest BCUT2D eigenvalue weighted by Gasteiger charge is -2.15. The third-order valence-corrected chi connectivity index (χ3v) is 7.27. The summed E-state index contributed by atoms with van der Waals surface area (Å²) < 4.78 is 54.0. The van der Waals surface area contributed by atoms with Crippen LogP contribution in [0.4, 0.5) is 19.0 Å². The Labute approximate surface area is 221 Å². The summed E-state index contributed by atoms with van der Waals surface area (Å²) in [4.78, 5) is 19.9. The van der Waals surface area contributed by atoms with Crippen molar-refractivity contribution in [3.8, 4) is 17.2 Å². The van der Waals surface area contributed by atoms with E-state index in [2.05, 4.69) is 15.3 Å². The molecule has 6 rings (SSSR count). The zero-order valence-corrected chi connectivity index (χ0v) is 20.9. The van der Waals surface area contributed by atoms with Crippen LogP contribution in [0.25, 0.3) is 11.0 Å². The zero-order valence-electron chi connectivity index (χ0n) is 20.9. The summed E-state index contributed by atoms with van der Waals surface area (Å²) in [6, 6.07) is 10.8. The second-order valence-corrected chi connectivity index (χ2v) is 9.57. The molecule has 0 bridgehead atoms. The van der Waals surface area contributed by atoms with E-state index in [0.717, 1.165) is 35.3 Å². The predicted octanol–water partition coefficient (Wildman–Crippen LogP) is 5.05. The molecule has 3 heterocycles. The van der Waals surface area contributed by atoms with Gasteiger partial charge in [0.1, 0.15) is 41.3 Å². The molecule has 2 aromatic carbocycles. The van der Waals surface area contributed by atoms with Crippen LogP contribution in [0.1, 0.15) is 40.8 Å². The number of halogens is 3. The minimum absolute atomic E-state index is 0.0419. The third-order valence-electron chi connectivity index (χ3n) is 7.27. The molecular formula is C28H25F3N4O4. The summed E-state index contributed by atoms with van der Waals surface area (Å²) in [6.45, 7) is 0.0342. The molecule has 1 aliphatic carbocycles. The van der Waals surface area contributed by atoms with Gasteiger partial charge in [0.2, 0.25) is 0 Å². The largest absolute Gasteiger partial charge is 0.489 e. The average molecular weight is 539 g/mol. The molecule has 1 aliphatic heterocycles. The normalized spacial score (nSPS) is 19.4. The van der Waals surface area contributed by atoms with Crippen LogP contribution >= 0.6 is 0 Å². The Bertz CT molecular complexity index is 1570. The summed E-state index contributed by atoms with van der Waals surface area (Å²) in [6.07, 6.45) is -1.39. The van der Waals surface area contributed by atoms with Crippen LogP contribution < -0.4 is 14.8 Å². The molecule has 0 spiro atoms. The number of aliphatic hydroxyl groups is 1. The van der Waals surface area contributed by atoms with Gasteiger partial charge in [-0.2, -0.15) is 13.2 Å². The van der Waals surface area contributed by atoms with E-state index in [1.165, 1.54) is 6.07 Å². The van der Waals surface area contributed by atoms with Gasteiger partial charge in [0.15, 0.2) is 0 Å². The van der Waals surface area contributed by atoms with Gasteiger partial charge in [0.25, 0.3) is 0 Å². The maximum atomic E-state index is 13.3. The van der Waals surface area contributed by atoms with E-state index in [0.29, 0.717) is 41.5 Å². The van der Waals surface area contributed by atoms with E-state index in [4.69, 9.17) is 9.47 Å². The first-order valence-corrected chi connectivity index (χ1v) is 12.6. The van der Waals surface area contributed by atoms with E-state index in [9.17, 15) is 23.1 Å². The highest BCUT2D eigenvalue weighted by Crippen LogP contribution is 2.63. The summed E-state index contributed by atoms with van der Waals surface area (Å²) in [5.74, 6) is 2.92. The molecule has 202 valence electrons. The summed E-state index contributed by atoms with van der Waals surface area (Å²) in [5.41, 5.74) is 1.73. The van der Waals surface area contributed by atoms with Crippen LogP contribution in [0.2, 0.25) is 0 Å². The number of carbonyl (C=O) groups excluding carboxylic acids is 1. The van der Waals surface area contributed by atoms with Crippen molar-refractivity contribution >= 4 is 23.1 Å².